The molecule has 1 N–H and O–H groups in total. The summed E-state index contributed by atoms with van der Waals surface area (Å²) in [6.07, 6.45) is 3.37. The Bertz CT molecular complexity index is 285. The third-order valence-electron chi connectivity index (χ3n) is 2.43. The SMILES string of the molecule is CNC(C)CCCCS(=O)c1cccs1. The number of hydrogen-bond acceptors (Lipinski definition) is 3. The Balaban J connectivity index is 2.13. The van der Waals surface area contributed by atoms with Gasteiger partial charge in [-0.15, -0.1) is 11.3 Å². The molecule has 1 rings (SSSR count). The smallest absolute Gasteiger partial charge is 0.0910 e. The summed E-state index contributed by atoms with van der Waals surface area (Å²) in [6.45, 7) is 2.18. The Morgan fingerprint density at radius 2 is 2.33 bits per heavy atom. The molecule has 0 spiro atoms. The van der Waals surface area contributed by atoms with Crippen molar-refractivity contribution < 1.29 is 4.21 Å². The molecule has 2 nitrogen and oxygen atoms in total. The lowest BCUT2D eigenvalue weighted by Gasteiger charge is -2.08. The average Bonchev–Trinajstić information content (AvgIpc) is 2.77. The quantitative estimate of drug-likeness (QED) is 0.748. The molecule has 0 fully saturated rings. The summed E-state index contributed by atoms with van der Waals surface area (Å²) in [5.41, 5.74) is 0. The third kappa shape index (κ3) is 4.91. The molecule has 0 amide bonds. The minimum absolute atomic E-state index is 0.570. The molecular formula is C11H19NOS2. The highest BCUT2D eigenvalue weighted by molar-refractivity contribution is 7.87. The van der Waals surface area contributed by atoms with Gasteiger partial charge >= 0.3 is 0 Å². The zero-order valence-corrected chi connectivity index (χ0v) is 11.0. The summed E-state index contributed by atoms with van der Waals surface area (Å²) in [4.78, 5) is 0. The third-order valence-corrected chi connectivity index (χ3v) is 5.18. The van der Waals surface area contributed by atoms with Gasteiger partial charge in [0.15, 0.2) is 0 Å². The van der Waals surface area contributed by atoms with E-state index in [1.165, 1.54) is 0 Å². The maximum absolute atomic E-state index is 11.7. The number of nitrogens with one attached hydrogen (secondary N) is 1. The largest absolute Gasteiger partial charge is 0.317 e. The van der Waals surface area contributed by atoms with Crippen molar-refractivity contribution in [3.8, 4) is 0 Å². The van der Waals surface area contributed by atoms with E-state index in [2.05, 4.69) is 12.2 Å². The van der Waals surface area contributed by atoms with Crippen LogP contribution in [0.4, 0.5) is 0 Å². The average molecular weight is 245 g/mol. The topological polar surface area (TPSA) is 29.1 Å². The Hall–Kier alpha value is -0.190. The van der Waals surface area contributed by atoms with E-state index in [1.807, 2.05) is 24.6 Å². The molecule has 0 saturated heterocycles. The van der Waals surface area contributed by atoms with Gasteiger partial charge in [-0.25, -0.2) is 0 Å². The van der Waals surface area contributed by atoms with Crippen LogP contribution in [0.1, 0.15) is 26.2 Å². The minimum Gasteiger partial charge on any atom is -0.317 e. The Kier molecular flexibility index (Phi) is 6.13. The van der Waals surface area contributed by atoms with E-state index in [0.29, 0.717) is 6.04 Å². The van der Waals surface area contributed by atoms with E-state index in [4.69, 9.17) is 0 Å². The fourth-order valence-electron chi connectivity index (χ4n) is 1.32. The normalized spacial score (nSPS) is 15.1. The van der Waals surface area contributed by atoms with E-state index < -0.39 is 10.8 Å². The zero-order chi connectivity index (χ0) is 11.1. The molecule has 1 aromatic heterocycles. The van der Waals surface area contributed by atoms with Gasteiger partial charge in [-0.05, 0) is 38.3 Å². The molecule has 2 unspecified atom stereocenters. The van der Waals surface area contributed by atoms with Gasteiger partial charge in [0.05, 0.1) is 15.0 Å². The Morgan fingerprint density at radius 1 is 1.53 bits per heavy atom. The van der Waals surface area contributed by atoms with Gasteiger partial charge in [-0.3, -0.25) is 4.21 Å². The fraction of sp³-hybridized carbons (Fsp3) is 0.636. The molecule has 0 bridgehead atoms. The first kappa shape index (κ1) is 12.9. The maximum atomic E-state index is 11.7. The van der Waals surface area contributed by atoms with E-state index in [9.17, 15) is 4.21 Å². The van der Waals surface area contributed by atoms with Crippen LogP contribution >= 0.6 is 11.3 Å². The van der Waals surface area contributed by atoms with Crippen LogP contribution in [0.3, 0.4) is 0 Å². The van der Waals surface area contributed by atoms with Crippen molar-refractivity contribution >= 4 is 22.1 Å². The zero-order valence-electron chi connectivity index (χ0n) is 9.36. The molecule has 0 aliphatic carbocycles. The summed E-state index contributed by atoms with van der Waals surface area (Å²) < 4.78 is 12.7. The molecule has 2 atom stereocenters. The van der Waals surface area contributed by atoms with Crippen LogP contribution in [0, 0.1) is 0 Å². The van der Waals surface area contributed by atoms with Crippen LogP contribution in [0.5, 0.6) is 0 Å². The first-order valence-electron chi connectivity index (χ1n) is 5.33. The maximum Gasteiger partial charge on any atom is 0.0910 e. The number of rotatable bonds is 7. The molecule has 0 saturated carbocycles. The lowest BCUT2D eigenvalue weighted by molar-refractivity contribution is 0.537. The first-order valence-corrected chi connectivity index (χ1v) is 7.53. The van der Waals surface area contributed by atoms with Crippen LogP contribution in [0.15, 0.2) is 21.7 Å². The summed E-state index contributed by atoms with van der Waals surface area (Å²) in [5, 5.41) is 5.19. The van der Waals surface area contributed by atoms with Gasteiger partial charge in [-0.2, -0.15) is 0 Å². The molecule has 86 valence electrons. The second-order valence-electron chi connectivity index (χ2n) is 3.67. The molecule has 0 aliphatic heterocycles. The summed E-state index contributed by atoms with van der Waals surface area (Å²) in [7, 11) is 1.21. The lowest BCUT2D eigenvalue weighted by atomic mass is 10.1. The van der Waals surface area contributed by atoms with Gasteiger partial charge in [-0.1, -0.05) is 12.5 Å². The van der Waals surface area contributed by atoms with Crippen LogP contribution in [-0.4, -0.2) is 23.1 Å². The monoisotopic (exact) mass is 245 g/mol. The fourth-order valence-corrected chi connectivity index (χ4v) is 3.51. The van der Waals surface area contributed by atoms with Crippen molar-refractivity contribution in [2.45, 2.75) is 36.4 Å². The lowest BCUT2D eigenvalue weighted by Crippen LogP contribution is -2.20. The number of thiophene rings is 1. The standard InChI is InChI=1S/C11H19NOS2/c1-10(12-2)6-3-4-9-15(13)11-7-5-8-14-11/h5,7-8,10,12H,3-4,6,9H2,1-2H3. The Morgan fingerprint density at radius 3 is 2.93 bits per heavy atom. The summed E-state index contributed by atoms with van der Waals surface area (Å²) in [5.74, 6) is 0.803. The molecule has 15 heavy (non-hydrogen) atoms. The van der Waals surface area contributed by atoms with Gasteiger partial charge < -0.3 is 5.32 Å². The van der Waals surface area contributed by atoms with E-state index in [1.54, 1.807) is 11.3 Å². The molecule has 0 radical (unpaired) electrons. The van der Waals surface area contributed by atoms with Crippen LogP contribution < -0.4 is 5.32 Å². The second-order valence-corrected chi connectivity index (χ2v) is 6.41. The minimum atomic E-state index is -0.771. The predicted octanol–water partition coefficient (Wildman–Crippen LogP) is 2.63. The predicted molar refractivity (Wildman–Crippen MR) is 68.0 cm³/mol. The number of unbranched alkanes of at least 4 members (excludes halogenated alkanes) is 1. The highest BCUT2D eigenvalue weighted by atomic mass is 32.2. The second kappa shape index (κ2) is 7.14. The van der Waals surface area contributed by atoms with Crippen molar-refractivity contribution in [2.24, 2.45) is 0 Å². The van der Waals surface area contributed by atoms with Gasteiger partial charge in [0, 0.05) is 11.8 Å². The van der Waals surface area contributed by atoms with Gasteiger partial charge in [0.1, 0.15) is 0 Å². The first-order chi connectivity index (χ1) is 7.24. The van der Waals surface area contributed by atoms with Crippen LogP contribution in [0.25, 0.3) is 0 Å². The van der Waals surface area contributed by atoms with Crippen molar-refractivity contribution in [1.29, 1.82) is 0 Å². The molecule has 0 aliphatic rings. The van der Waals surface area contributed by atoms with Crippen molar-refractivity contribution in [1.82, 2.24) is 5.32 Å². The molecular weight excluding hydrogens is 226 g/mol. The van der Waals surface area contributed by atoms with Crippen molar-refractivity contribution in [3.05, 3.63) is 17.5 Å². The highest BCUT2D eigenvalue weighted by Crippen LogP contribution is 2.15. The van der Waals surface area contributed by atoms with E-state index in [-0.39, 0.29) is 0 Å². The van der Waals surface area contributed by atoms with E-state index in [0.717, 1.165) is 29.2 Å². The van der Waals surface area contributed by atoms with Gasteiger partial charge in [0.25, 0.3) is 0 Å². The highest BCUT2D eigenvalue weighted by Gasteiger charge is 2.04. The van der Waals surface area contributed by atoms with Crippen molar-refractivity contribution in [2.75, 3.05) is 12.8 Å². The molecule has 1 aromatic rings. The molecule has 4 heteroatoms. The Labute approximate surface area is 98.6 Å². The van der Waals surface area contributed by atoms with E-state index >= 15 is 0 Å². The van der Waals surface area contributed by atoms with Gasteiger partial charge in [0.2, 0.25) is 0 Å². The number of hydrogen-bond donors (Lipinski definition) is 1. The van der Waals surface area contributed by atoms with Crippen LogP contribution in [0.2, 0.25) is 0 Å². The summed E-state index contributed by atoms with van der Waals surface area (Å²) in [6, 6.07) is 4.48. The van der Waals surface area contributed by atoms with Crippen LogP contribution in [-0.2, 0) is 10.8 Å². The summed E-state index contributed by atoms with van der Waals surface area (Å²) >= 11 is 1.59. The molecule has 0 aromatic carbocycles. The van der Waals surface area contributed by atoms with Crippen molar-refractivity contribution in [3.63, 3.8) is 0 Å². The molecule has 1 heterocycles.